The molecule has 0 atom stereocenters. The Morgan fingerprint density at radius 2 is 1.85 bits per heavy atom. The zero-order valence-corrected chi connectivity index (χ0v) is 9.22. The summed E-state index contributed by atoms with van der Waals surface area (Å²) < 4.78 is 6.83. The molecule has 1 heterocycles. The minimum Gasteiger partial charge on any atom is -0.376 e. The lowest BCUT2D eigenvalue weighted by Crippen LogP contribution is -2.43. The predicted octanol–water partition coefficient (Wildman–Crippen LogP) is 2.04. The van der Waals surface area contributed by atoms with Gasteiger partial charge in [0.25, 0.3) is 0 Å². The van der Waals surface area contributed by atoms with Gasteiger partial charge in [-0.3, -0.25) is 0 Å². The Morgan fingerprint density at radius 3 is 2.46 bits per heavy atom. The Kier molecular flexibility index (Phi) is 4.74. The number of likely N-dealkylation sites (tertiary alicyclic amines) is 1. The lowest BCUT2D eigenvalue weighted by Gasteiger charge is -2.28. The van der Waals surface area contributed by atoms with E-state index < -0.39 is 0 Å². The van der Waals surface area contributed by atoms with Gasteiger partial charge in [0, 0.05) is 19.4 Å². The standard InChI is InChI=1S/C11H24NO/c1-3-4-10-13-11-9-12(2)7-5-6-8-12/h3-11H2,1-2H3/q+1. The van der Waals surface area contributed by atoms with Gasteiger partial charge in [-0.2, -0.15) is 0 Å². The number of hydrogen-bond acceptors (Lipinski definition) is 1. The van der Waals surface area contributed by atoms with Gasteiger partial charge in [-0.25, -0.2) is 0 Å². The summed E-state index contributed by atoms with van der Waals surface area (Å²) in [4.78, 5) is 0. The average molecular weight is 186 g/mol. The molecule has 0 aliphatic carbocycles. The highest BCUT2D eigenvalue weighted by atomic mass is 16.5. The van der Waals surface area contributed by atoms with Gasteiger partial charge in [-0.15, -0.1) is 0 Å². The van der Waals surface area contributed by atoms with Crippen molar-refractivity contribution in [2.45, 2.75) is 32.6 Å². The van der Waals surface area contributed by atoms with Crippen LogP contribution in [0.25, 0.3) is 0 Å². The SMILES string of the molecule is CCCCOCC[N+]1(C)CCCC1. The Bertz CT molecular complexity index is 130. The molecule has 0 aromatic rings. The minimum absolute atomic E-state index is 0.955. The van der Waals surface area contributed by atoms with Crippen molar-refractivity contribution in [3.63, 3.8) is 0 Å². The molecule has 2 nitrogen and oxygen atoms in total. The van der Waals surface area contributed by atoms with Gasteiger partial charge in [-0.05, 0) is 6.42 Å². The molecule has 0 aromatic carbocycles. The topological polar surface area (TPSA) is 9.23 Å². The maximum atomic E-state index is 5.59. The second-order valence-electron chi connectivity index (χ2n) is 4.46. The van der Waals surface area contributed by atoms with Crippen LogP contribution >= 0.6 is 0 Å². The van der Waals surface area contributed by atoms with E-state index in [0.29, 0.717) is 0 Å². The second kappa shape index (κ2) is 5.61. The quantitative estimate of drug-likeness (QED) is 0.455. The zero-order valence-electron chi connectivity index (χ0n) is 9.22. The maximum Gasteiger partial charge on any atom is 0.102 e. The molecule has 0 amide bonds. The molecule has 0 unspecified atom stereocenters. The molecular formula is C11H24NO+. The first-order valence-electron chi connectivity index (χ1n) is 5.68. The zero-order chi connectivity index (χ0) is 9.57. The largest absolute Gasteiger partial charge is 0.376 e. The third-order valence-electron chi connectivity index (χ3n) is 3.06. The number of ether oxygens (including phenoxy) is 1. The van der Waals surface area contributed by atoms with Gasteiger partial charge in [0.15, 0.2) is 0 Å². The summed E-state index contributed by atoms with van der Waals surface area (Å²) in [6, 6.07) is 0. The first kappa shape index (κ1) is 11.0. The van der Waals surface area contributed by atoms with Crippen molar-refractivity contribution in [3.8, 4) is 0 Å². The molecule has 0 spiro atoms. The molecule has 1 saturated heterocycles. The van der Waals surface area contributed by atoms with E-state index in [4.69, 9.17) is 4.74 Å². The van der Waals surface area contributed by atoms with E-state index in [9.17, 15) is 0 Å². The number of likely N-dealkylation sites (N-methyl/N-ethyl adjacent to an activating group) is 1. The maximum absolute atomic E-state index is 5.59. The highest BCUT2D eigenvalue weighted by Gasteiger charge is 2.25. The molecule has 2 heteroatoms. The highest BCUT2D eigenvalue weighted by Crippen LogP contribution is 2.15. The Morgan fingerprint density at radius 1 is 1.15 bits per heavy atom. The Labute approximate surface area is 82.5 Å². The van der Waals surface area contributed by atoms with E-state index in [0.717, 1.165) is 13.2 Å². The second-order valence-corrected chi connectivity index (χ2v) is 4.46. The van der Waals surface area contributed by atoms with Gasteiger partial charge in [0.2, 0.25) is 0 Å². The lowest BCUT2D eigenvalue weighted by atomic mass is 10.4. The van der Waals surface area contributed by atoms with Gasteiger partial charge >= 0.3 is 0 Å². The molecule has 78 valence electrons. The molecule has 0 N–H and O–H groups in total. The van der Waals surface area contributed by atoms with E-state index in [1.807, 2.05) is 0 Å². The fraction of sp³-hybridized carbons (Fsp3) is 1.00. The van der Waals surface area contributed by atoms with Crippen LogP contribution in [0.4, 0.5) is 0 Å². The lowest BCUT2D eigenvalue weighted by molar-refractivity contribution is -0.898. The number of rotatable bonds is 6. The summed E-state index contributed by atoms with van der Waals surface area (Å²) in [7, 11) is 2.36. The molecule has 1 rings (SSSR count). The van der Waals surface area contributed by atoms with Crippen molar-refractivity contribution in [1.29, 1.82) is 0 Å². The number of hydrogen-bond donors (Lipinski definition) is 0. The average Bonchev–Trinajstić information content (AvgIpc) is 2.53. The van der Waals surface area contributed by atoms with Crippen molar-refractivity contribution in [2.24, 2.45) is 0 Å². The molecule has 0 aromatic heterocycles. The molecule has 1 fully saturated rings. The molecule has 13 heavy (non-hydrogen) atoms. The van der Waals surface area contributed by atoms with Crippen LogP contribution in [0.15, 0.2) is 0 Å². The van der Waals surface area contributed by atoms with E-state index >= 15 is 0 Å². The van der Waals surface area contributed by atoms with Gasteiger partial charge < -0.3 is 9.22 Å². The normalized spacial score (nSPS) is 20.8. The molecule has 0 bridgehead atoms. The van der Waals surface area contributed by atoms with Crippen molar-refractivity contribution in [1.82, 2.24) is 0 Å². The van der Waals surface area contributed by atoms with Crippen LogP contribution in [0, 0.1) is 0 Å². The fourth-order valence-electron chi connectivity index (χ4n) is 1.96. The molecule has 0 saturated carbocycles. The first-order valence-corrected chi connectivity index (χ1v) is 5.68. The van der Waals surface area contributed by atoms with E-state index in [-0.39, 0.29) is 0 Å². The first-order chi connectivity index (χ1) is 6.27. The minimum atomic E-state index is 0.955. The van der Waals surface area contributed by atoms with Crippen molar-refractivity contribution in [3.05, 3.63) is 0 Å². The Balaban J connectivity index is 1.98. The van der Waals surface area contributed by atoms with E-state index in [1.54, 1.807) is 0 Å². The highest BCUT2D eigenvalue weighted by molar-refractivity contribution is 4.51. The van der Waals surface area contributed by atoms with Crippen LogP contribution in [-0.2, 0) is 4.74 Å². The summed E-state index contributed by atoms with van der Waals surface area (Å²) in [5, 5.41) is 0. The summed E-state index contributed by atoms with van der Waals surface area (Å²) in [5.74, 6) is 0. The van der Waals surface area contributed by atoms with Crippen molar-refractivity contribution >= 4 is 0 Å². The predicted molar refractivity (Wildman–Crippen MR) is 55.7 cm³/mol. The molecule has 0 radical (unpaired) electrons. The number of quaternary nitrogens is 1. The van der Waals surface area contributed by atoms with E-state index in [1.165, 1.54) is 49.8 Å². The van der Waals surface area contributed by atoms with E-state index in [2.05, 4.69) is 14.0 Å². The van der Waals surface area contributed by atoms with Gasteiger partial charge in [0.1, 0.15) is 6.54 Å². The summed E-state index contributed by atoms with van der Waals surface area (Å²) in [6.45, 7) is 8.04. The van der Waals surface area contributed by atoms with Crippen LogP contribution in [-0.4, -0.2) is 44.4 Å². The molecule has 1 aliphatic heterocycles. The summed E-state index contributed by atoms with van der Waals surface area (Å²) in [5.41, 5.74) is 0. The fourth-order valence-corrected chi connectivity index (χ4v) is 1.96. The van der Waals surface area contributed by atoms with Crippen LogP contribution < -0.4 is 0 Å². The molecule has 1 aliphatic rings. The third kappa shape index (κ3) is 4.10. The van der Waals surface area contributed by atoms with Crippen LogP contribution in [0.3, 0.4) is 0 Å². The van der Waals surface area contributed by atoms with Crippen molar-refractivity contribution in [2.75, 3.05) is 39.9 Å². The summed E-state index contributed by atoms with van der Waals surface area (Å²) >= 11 is 0. The smallest absolute Gasteiger partial charge is 0.102 e. The number of nitrogens with zero attached hydrogens (tertiary/aromatic N) is 1. The van der Waals surface area contributed by atoms with Crippen LogP contribution in [0.5, 0.6) is 0 Å². The third-order valence-corrected chi connectivity index (χ3v) is 3.06. The van der Waals surface area contributed by atoms with Gasteiger partial charge in [-0.1, -0.05) is 13.3 Å². The van der Waals surface area contributed by atoms with Crippen molar-refractivity contribution < 1.29 is 9.22 Å². The summed E-state index contributed by atoms with van der Waals surface area (Å²) in [6.07, 6.45) is 5.27. The molecular weight excluding hydrogens is 162 g/mol. The monoisotopic (exact) mass is 186 g/mol. The van der Waals surface area contributed by atoms with Gasteiger partial charge in [0.05, 0.1) is 26.7 Å². The Hall–Kier alpha value is -0.0800. The van der Waals surface area contributed by atoms with Crippen LogP contribution in [0.2, 0.25) is 0 Å². The number of unbranched alkanes of at least 4 members (excludes halogenated alkanes) is 1. The van der Waals surface area contributed by atoms with Crippen LogP contribution in [0.1, 0.15) is 32.6 Å².